The van der Waals surface area contributed by atoms with Crippen molar-refractivity contribution in [3.8, 4) is 0 Å². The van der Waals surface area contributed by atoms with Gasteiger partial charge in [0, 0.05) is 11.6 Å². The Kier molecular flexibility index (Phi) is 4.09. The molecule has 2 aromatic carbocycles. The zero-order chi connectivity index (χ0) is 15.6. The summed E-state index contributed by atoms with van der Waals surface area (Å²) in [6.07, 6.45) is 2.12. The van der Waals surface area contributed by atoms with Gasteiger partial charge in [-0.15, -0.1) is 0 Å². The van der Waals surface area contributed by atoms with Crippen molar-refractivity contribution in [2.45, 2.75) is 6.42 Å². The number of hydrogen-bond acceptors (Lipinski definition) is 2. The van der Waals surface area contributed by atoms with Crippen molar-refractivity contribution in [1.82, 2.24) is 4.98 Å². The molecule has 0 spiro atoms. The maximum absolute atomic E-state index is 12.3. The summed E-state index contributed by atoms with van der Waals surface area (Å²) in [5.74, 6) is 0.0296. The van der Waals surface area contributed by atoms with Crippen molar-refractivity contribution in [2.75, 3.05) is 10.5 Å². The SMILES string of the molecule is O=S(=O)(CCc1ccccc1)Nc1cccc2c(Cl)c[nH]c12. The molecule has 0 amide bonds. The second-order valence-electron chi connectivity index (χ2n) is 5.02. The van der Waals surface area contributed by atoms with Crippen molar-refractivity contribution in [3.05, 3.63) is 65.3 Å². The standard InChI is InChI=1S/C16H15ClN2O2S/c17-14-11-18-16-13(14)7-4-8-15(16)19-22(20,21)10-9-12-5-2-1-3-6-12/h1-8,11,18-19H,9-10H2. The highest BCUT2D eigenvalue weighted by atomic mass is 35.5. The molecule has 0 radical (unpaired) electrons. The van der Waals surface area contributed by atoms with E-state index in [1.54, 1.807) is 18.3 Å². The van der Waals surface area contributed by atoms with E-state index in [1.807, 2.05) is 36.4 Å². The lowest BCUT2D eigenvalue weighted by Crippen LogP contribution is -2.18. The molecule has 0 atom stereocenters. The summed E-state index contributed by atoms with van der Waals surface area (Å²) in [5.41, 5.74) is 2.20. The van der Waals surface area contributed by atoms with Crippen molar-refractivity contribution in [3.63, 3.8) is 0 Å². The van der Waals surface area contributed by atoms with Crippen LogP contribution in [0.15, 0.2) is 54.7 Å². The fourth-order valence-electron chi connectivity index (χ4n) is 2.32. The Labute approximate surface area is 134 Å². The molecule has 0 saturated carbocycles. The first-order chi connectivity index (χ1) is 10.6. The lowest BCUT2D eigenvalue weighted by molar-refractivity contribution is 0.600. The number of sulfonamides is 1. The van der Waals surface area contributed by atoms with E-state index in [-0.39, 0.29) is 5.75 Å². The van der Waals surface area contributed by atoms with Crippen LogP contribution in [0, 0.1) is 0 Å². The Bertz CT molecular complexity index is 889. The van der Waals surface area contributed by atoms with E-state index in [2.05, 4.69) is 9.71 Å². The van der Waals surface area contributed by atoms with Crippen molar-refractivity contribution in [2.24, 2.45) is 0 Å². The average Bonchev–Trinajstić information content (AvgIpc) is 2.89. The monoisotopic (exact) mass is 334 g/mol. The van der Waals surface area contributed by atoms with Gasteiger partial charge < -0.3 is 4.98 Å². The summed E-state index contributed by atoms with van der Waals surface area (Å²) >= 11 is 6.05. The van der Waals surface area contributed by atoms with E-state index >= 15 is 0 Å². The topological polar surface area (TPSA) is 62.0 Å². The van der Waals surface area contributed by atoms with Crippen LogP contribution in [0.1, 0.15) is 5.56 Å². The minimum Gasteiger partial charge on any atom is -0.358 e. The zero-order valence-corrected chi connectivity index (χ0v) is 13.3. The second kappa shape index (κ2) is 6.02. The molecule has 6 heteroatoms. The Morgan fingerprint density at radius 2 is 1.82 bits per heavy atom. The first-order valence-corrected chi connectivity index (χ1v) is 8.88. The largest absolute Gasteiger partial charge is 0.358 e. The van der Waals surface area contributed by atoms with Crippen molar-refractivity contribution >= 4 is 38.2 Å². The predicted octanol–water partition coefficient (Wildman–Crippen LogP) is 3.81. The van der Waals surface area contributed by atoms with Crippen LogP contribution in [0.5, 0.6) is 0 Å². The van der Waals surface area contributed by atoms with Gasteiger partial charge in [-0.3, -0.25) is 4.72 Å². The second-order valence-corrected chi connectivity index (χ2v) is 7.27. The first-order valence-electron chi connectivity index (χ1n) is 6.85. The summed E-state index contributed by atoms with van der Waals surface area (Å²) < 4.78 is 27.2. The summed E-state index contributed by atoms with van der Waals surface area (Å²) in [6.45, 7) is 0. The molecule has 0 aliphatic carbocycles. The third kappa shape index (κ3) is 3.26. The molecule has 1 heterocycles. The minimum atomic E-state index is -3.43. The van der Waals surface area contributed by atoms with Gasteiger partial charge in [-0.25, -0.2) is 8.42 Å². The molecule has 4 nitrogen and oxygen atoms in total. The van der Waals surface area contributed by atoms with E-state index < -0.39 is 10.0 Å². The quantitative estimate of drug-likeness (QED) is 0.745. The van der Waals surface area contributed by atoms with Crippen LogP contribution in [-0.4, -0.2) is 19.2 Å². The molecule has 0 fully saturated rings. The van der Waals surface area contributed by atoms with Gasteiger partial charge in [-0.1, -0.05) is 54.1 Å². The Hall–Kier alpha value is -1.98. The summed E-state index contributed by atoms with van der Waals surface area (Å²) in [4.78, 5) is 2.99. The lowest BCUT2D eigenvalue weighted by atomic mass is 10.2. The molecule has 114 valence electrons. The van der Waals surface area contributed by atoms with Crippen LogP contribution < -0.4 is 4.72 Å². The molecule has 0 saturated heterocycles. The normalized spacial score (nSPS) is 11.7. The van der Waals surface area contributed by atoms with Gasteiger partial charge in [0.1, 0.15) is 0 Å². The molecule has 22 heavy (non-hydrogen) atoms. The molecular formula is C16H15ClN2O2S. The van der Waals surface area contributed by atoms with Gasteiger partial charge in [-0.2, -0.15) is 0 Å². The van der Waals surface area contributed by atoms with E-state index in [9.17, 15) is 8.42 Å². The smallest absolute Gasteiger partial charge is 0.233 e. The molecular weight excluding hydrogens is 320 g/mol. The maximum atomic E-state index is 12.3. The number of benzene rings is 2. The van der Waals surface area contributed by atoms with Gasteiger partial charge in [0.25, 0.3) is 0 Å². The minimum absolute atomic E-state index is 0.0296. The number of anilines is 1. The lowest BCUT2D eigenvalue weighted by Gasteiger charge is -2.09. The number of para-hydroxylation sites is 1. The Morgan fingerprint density at radius 1 is 1.05 bits per heavy atom. The fourth-order valence-corrected chi connectivity index (χ4v) is 3.64. The van der Waals surface area contributed by atoms with Crippen molar-refractivity contribution in [1.29, 1.82) is 0 Å². The molecule has 0 bridgehead atoms. The molecule has 1 aromatic heterocycles. The van der Waals surface area contributed by atoms with Gasteiger partial charge >= 0.3 is 0 Å². The van der Waals surface area contributed by atoms with Crippen LogP contribution in [0.2, 0.25) is 5.02 Å². The number of nitrogens with one attached hydrogen (secondary N) is 2. The third-order valence-corrected chi connectivity index (χ3v) is 5.02. The van der Waals surface area contributed by atoms with Crippen LogP contribution >= 0.6 is 11.6 Å². The van der Waals surface area contributed by atoms with Gasteiger partial charge in [-0.05, 0) is 18.1 Å². The molecule has 0 aliphatic rings. The van der Waals surface area contributed by atoms with Crippen LogP contribution in [0.4, 0.5) is 5.69 Å². The molecule has 3 rings (SSSR count). The molecule has 3 aromatic rings. The van der Waals surface area contributed by atoms with E-state index in [1.165, 1.54) is 0 Å². The van der Waals surface area contributed by atoms with Crippen LogP contribution in [0.3, 0.4) is 0 Å². The molecule has 2 N–H and O–H groups in total. The highest BCUT2D eigenvalue weighted by molar-refractivity contribution is 7.92. The number of halogens is 1. The predicted molar refractivity (Wildman–Crippen MR) is 90.9 cm³/mol. The number of H-pyrrole nitrogens is 1. The summed E-state index contributed by atoms with van der Waals surface area (Å²) in [5, 5.41) is 1.37. The third-order valence-electron chi connectivity index (χ3n) is 3.43. The maximum Gasteiger partial charge on any atom is 0.233 e. The average molecular weight is 335 g/mol. The number of aromatic nitrogens is 1. The van der Waals surface area contributed by atoms with E-state index in [0.717, 1.165) is 10.9 Å². The molecule has 0 unspecified atom stereocenters. The number of rotatable bonds is 5. The first kappa shape index (κ1) is 14.9. The van der Waals surface area contributed by atoms with E-state index in [0.29, 0.717) is 22.6 Å². The zero-order valence-electron chi connectivity index (χ0n) is 11.7. The number of fused-ring (bicyclic) bond motifs is 1. The van der Waals surface area contributed by atoms with Crippen LogP contribution in [-0.2, 0) is 16.4 Å². The van der Waals surface area contributed by atoms with Crippen LogP contribution in [0.25, 0.3) is 10.9 Å². The number of aryl methyl sites for hydroxylation is 1. The summed E-state index contributed by atoms with van der Waals surface area (Å²) in [7, 11) is -3.43. The van der Waals surface area contributed by atoms with Crippen molar-refractivity contribution < 1.29 is 8.42 Å². The highest BCUT2D eigenvalue weighted by Gasteiger charge is 2.14. The molecule has 0 aliphatic heterocycles. The summed E-state index contributed by atoms with van der Waals surface area (Å²) in [6, 6.07) is 14.9. The number of aromatic amines is 1. The fraction of sp³-hybridized carbons (Fsp3) is 0.125. The highest BCUT2D eigenvalue weighted by Crippen LogP contribution is 2.28. The van der Waals surface area contributed by atoms with Gasteiger partial charge in [0.15, 0.2) is 0 Å². The number of hydrogen-bond donors (Lipinski definition) is 2. The van der Waals surface area contributed by atoms with Gasteiger partial charge in [0.2, 0.25) is 10.0 Å². The Balaban J connectivity index is 1.78. The Morgan fingerprint density at radius 3 is 2.59 bits per heavy atom. The van der Waals surface area contributed by atoms with Gasteiger partial charge in [0.05, 0.1) is 22.0 Å². The van der Waals surface area contributed by atoms with E-state index in [4.69, 9.17) is 11.6 Å².